The van der Waals surface area contributed by atoms with Crippen LogP contribution in [0.25, 0.3) is 0 Å². The maximum absolute atomic E-state index is 11.5. The van der Waals surface area contributed by atoms with E-state index in [1.54, 1.807) is 30.3 Å². The highest BCUT2D eigenvalue weighted by atomic mass is 16.6. The summed E-state index contributed by atoms with van der Waals surface area (Å²) in [4.78, 5) is 43.8. The van der Waals surface area contributed by atoms with Gasteiger partial charge in [-0.25, -0.2) is 0 Å². The van der Waals surface area contributed by atoms with Crippen molar-refractivity contribution in [1.82, 2.24) is 0 Å². The third kappa shape index (κ3) is 19.4. The summed E-state index contributed by atoms with van der Waals surface area (Å²) >= 11 is 0. The second-order valence-electron chi connectivity index (χ2n) is 13.4. The number of para-hydroxylation sites is 1. The van der Waals surface area contributed by atoms with E-state index < -0.39 is 33.6 Å². The van der Waals surface area contributed by atoms with Crippen molar-refractivity contribution in [2.24, 2.45) is 0 Å². The number of benzene rings is 2. The van der Waals surface area contributed by atoms with Gasteiger partial charge in [-0.15, -0.1) is 0 Å². The van der Waals surface area contributed by atoms with Crippen LogP contribution in [0, 0.1) is 20.2 Å². The summed E-state index contributed by atoms with van der Waals surface area (Å²) in [5.41, 5.74) is 0.860. The lowest BCUT2D eigenvalue weighted by molar-refractivity contribution is -0.385. The van der Waals surface area contributed by atoms with Gasteiger partial charge in [0, 0.05) is 23.8 Å². The standard InChI is InChI=1S/2C20H31NO4/c1-2-3-4-5-6-7-8-9-10-11-15-18(20(22)23)17-14-12-13-16-19(17)21(24)25;1-2-3-4-5-6-7-8-9-10-11-12-19(20(22)23)17-13-15-18(16-14-17)21(24)25/h12-14,16,18H,2-11,15H2,1H3,(H,22,23);13-16,19H,2-12H2,1H3,(H,22,23). The molecule has 0 aliphatic carbocycles. The molecule has 10 nitrogen and oxygen atoms in total. The third-order valence-electron chi connectivity index (χ3n) is 9.30. The molecule has 2 unspecified atom stereocenters. The molecule has 0 spiro atoms. The molecule has 0 aliphatic rings. The Kier molecular flexibility index (Phi) is 24.7. The molecule has 2 rings (SSSR count). The molecule has 0 saturated carbocycles. The van der Waals surface area contributed by atoms with Gasteiger partial charge in [-0.05, 0) is 18.4 Å². The molecule has 0 saturated heterocycles. The van der Waals surface area contributed by atoms with Crippen molar-refractivity contribution in [3.05, 3.63) is 79.9 Å². The predicted octanol–water partition coefficient (Wildman–Crippen LogP) is 12.1. The van der Waals surface area contributed by atoms with E-state index in [0.717, 1.165) is 38.5 Å². The van der Waals surface area contributed by atoms with Gasteiger partial charge in [0.25, 0.3) is 11.4 Å². The van der Waals surface area contributed by atoms with E-state index in [1.165, 1.54) is 108 Å². The van der Waals surface area contributed by atoms with Crippen LogP contribution in [0.5, 0.6) is 0 Å². The number of nitrogens with zero attached hydrogens (tertiary/aromatic N) is 2. The average molecular weight is 699 g/mol. The Balaban J connectivity index is 0.000000500. The summed E-state index contributed by atoms with van der Waals surface area (Å²) in [6.07, 6.45) is 25.0. The number of nitro groups is 2. The van der Waals surface area contributed by atoms with Gasteiger partial charge in [-0.2, -0.15) is 0 Å². The number of carbonyl (C=O) groups is 2. The molecule has 0 radical (unpaired) electrons. The van der Waals surface area contributed by atoms with E-state index in [-0.39, 0.29) is 11.4 Å². The fraction of sp³-hybridized carbons (Fsp3) is 0.650. The van der Waals surface area contributed by atoms with Gasteiger partial charge >= 0.3 is 11.9 Å². The van der Waals surface area contributed by atoms with Crippen LogP contribution >= 0.6 is 0 Å². The number of hydrogen-bond donors (Lipinski definition) is 2. The predicted molar refractivity (Wildman–Crippen MR) is 200 cm³/mol. The molecule has 0 bridgehead atoms. The molecule has 50 heavy (non-hydrogen) atoms. The lowest BCUT2D eigenvalue weighted by Crippen LogP contribution is -2.13. The highest BCUT2D eigenvalue weighted by Gasteiger charge is 2.27. The number of non-ortho nitro benzene ring substituents is 1. The molecule has 10 heteroatoms. The third-order valence-corrected chi connectivity index (χ3v) is 9.30. The largest absolute Gasteiger partial charge is 0.481 e. The van der Waals surface area contributed by atoms with E-state index >= 15 is 0 Å². The van der Waals surface area contributed by atoms with Crippen LogP contribution < -0.4 is 0 Å². The van der Waals surface area contributed by atoms with Crippen LogP contribution in [0.4, 0.5) is 11.4 Å². The molecule has 0 aliphatic heterocycles. The second kappa shape index (κ2) is 27.9. The minimum absolute atomic E-state index is 0.00757. The summed E-state index contributed by atoms with van der Waals surface area (Å²) in [6, 6.07) is 12.1. The lowest BCUT2D eigenvalue weighted by atomic mass is 9.91. The molecule has 2 aromatic carbocycles. The van der Waals surface area contributed by atoms with Crippen molar-refractivity contribution in [1.29, 1.82) is 0 Å². The van der Waals surface area contributed by atoms with Gasteiger partial charge in [0.15, 0.2) is 0 Å². The first-order chi connectivity index (χ1) is 24.1. The Morgan fingerprint density at radius 3 is 1.30 bits per heavy atom. The van der Waals surface area contributed by atoms with E-state index in [4.69, 9.17) is 0 Å². The molecular formula is C40H62N2O8. The monoisotopic (exact) mass is 698 g/mol. The lowest BCUT2D eigenvalue weighted by Gasteiger charge is -2.13. The Bertz CT molecular complexity index is 1230. The van der Waals surface area contributed by atoms with Crippen LogP contribution in [0.1, 0.15) is 178 Å². The van der Waals surface area contributed by atoms with Crippen LogP contribution in [0.15, 0.2) is 48.5 Å². The van der Waals surface area contributed by atoms with Crippen molar-refractivity contribution in [3.63, 3.8) is 0 Å². The van der Waals surface area contributed by atoms with Gasteiger partial charge in [-0.1, -0.05) is 173 Å². The summed E-state index contributed by atoms with van der Waals surface area (Å²) in [5, 5.41) is 40.6. The van der Waals surface area contributed by atoms with Crippen molar-refractivity contribution >= 4 is 23.3 Å². The number of carboxylic acid groups (broad SMARTS) is 2. The van der Waals surface area contributed by atoms with Gasteiger partial charge in [-0.3, -0.25) is 29.8 Å². The average Bonchev–Trinajstić information content (AvgIpc) is 3.09. The maximum atomic E-state index is 11.5. The van der Waals surface area contributed by atoms with Crippen LogP contribution in [-0.4, -0.2) is 32.0 Å². The first kappa shape index (κ1) is 44.2. The fourth-order valence-electron chi connectivity index (χ4n) is 6.29. The number of hydrogen-bond acceptors (Lipinski definition) is 6. The highest BCUT2D eigenvalue weighted by Crippen LogP contribution is 2.31. The second-order valence-corrected chi connectivity index (χ2v) is 13.4. The Morgan fingerprint density at radius 2 is 0.920 bits per heavy atom. The Hall–Kier alpha value is -3.82. The zero-order valence-electron chi connectivity index (χ0n) is 30.6. The zero-order chi connectivity index (χ0) is 37.0. The molecule has 280 valence electrons. The summed E-state index contributed by atoms with van der Waals surface area (Å²) in [5.74, 6) is -3.21. The molecular weight excluding hydrogens is 636 g/mol. The quantitative estimate of drug-likeness (QED) is 0.0504. The van der Waals surface area contributed by atoms with Crippen molar-refractivity contribution in [3.8, 4) is 0 Å². The number of nitro benzene ring substituents is 2. The maximum Gasteiger partial charge on any atom is 0.311 e. The number of rotatable bonds is 28. The molecule has 2 atom stereocenters. The van der Waals surface area contributed by atoms with Gasteiger partial charge in [0.1, 0.15) is 0 Å². The van der Waals surface area contributed by atoms with Crippen LogP contribution in [-0.2, 0) is 9.59 Å². The Morgan fingerprint density at radius 1 is 0.540 bits per heavy atom. The molecule has 2 aromatic rings. The first-order valence-electron chi connectivity index (χ1n) is 19.1. The molecule has 0 amide bonds. The molecule has 0 aromatic heterocycles. The van der Waals surface area contributed by atoms with Crippen molar-refractivity contribution in [2.75, 3.05) is 0 Å². The molecule has 2 N–H and O–H groups in total. The van der Waals surface area contributed by atoms with Gasteiger partial charge in [0.05, 0.1) is 21.7 Å². The molecule has 0 fully saturated rings. The SMILES string of the molecule is CCCCCCCCCCCCC(C(=O)O)c1ccc([N+](=O)[O-])cc1.CCCCCCCCCCCCC(C(=O)O)c1ccccc1[N+](=O)[O-]. The topological polar surface area (TPSA) is 161 Å². The van der Waals surface area contributed by atoms with Crippen molar-refractivity contribution in [2.45, 2.75) is 167 Å². The minimum atomic E-state index is -0.981. The Labute approximate surface area is 299 Å². The smallest absolute Gasteiger partial charge is 0.311 e. The van der Waals surface area contributed by atoms with Crippen molar-refractivity contribution < 1.29 is 29.6 Å². The van der Waals surface area contributed by atoms with E-state index in [1.807, 2.05) is 0 Å². The first-order valence-corrected chi connectivity index (χ1v) is 19.1. The van der Waals surface area contributed by atoms with Crippen LogP contribution in [0.2, 0.25) is 0 Å². The van der Waals surface area contributed by atoms with Crippen LogP contribution in [0.3, 0.4) is 0 Å². The highest BCUT2D eigenvalue weighted by molar-refractivity contribution is 5.78. The normalized spacial score (nSPS) is 12.0. The number of unbranched alkanes of at least 4 members (excludes halogenated alkanes) is 18. The summed E-state index contributed by atoms with van der Waals surface area (Å²) in [6.45, 7) is 4.44. The molecule has 0 heterocycles. The zero-order valence-corrected chi connectivity index (χ0v) is 30.6. The number of carboxylic acids is 2. The summed E-state index contributed by atoms with van der Waals surface area (Å²) < 4.78 is 0. The summed E-state index contributed by atoms with van der Waals surface area (Å²) in [7, 11) is 0. The minimum Gasteiger partial charge on any atom is -0.481 e. The van der Waals surface area contributed by atoms with E-state index in [9.17, 15) is 40.0 Å². The fourth-order valence-corrected chi connectivity index (χ4v) is 6.29. The van der Waals surface area contributed by atoms with Gasteiger partial charge in [0.2, 0.25) is 0 Å². The van der Waals surface area contributed by atoms with E-state index in [2.05, 4.69) is 13.8 Å². The number of aliphatic carboxylic acids is 2. The van der Waals surface area contributed by atoms with E-state index in [0.29, 0.717) is 24.0 Å². The van der Waals surface area contributed by atoms with Gasteiger partial charge < -0.3 is 10.2 Å².